The normalized spacial score (nSPS) is 16.1. The first-order valence-electron chi connectivity index (χ1n) is 6.50. The fraction of sp³-hybridized carbons (Fsp3) is 0.250. The van der Waals surface area contributed by atoms with E-state index in [9.17, 15) is 4.39 Å². The molecule has 2 aromatic rings. The lowest BCUT2D eigenvalue weighted by molar-refractivity contribution is 0.620. The summed E-state index contributed by atoms with van der Waals surface area (Å²) in [6.07, 6.45) is 2.52. The van der Waals surface area contributed by atoms with Crippen LogP contribution in [0.1, 0.15) is 24.4 Å². The number of nitrogens with one attached hydrogen (secondary N) is 1. The Labute approximate surface area is 121 Å². The summed E-state index contributed by atoms with van der Waals surface area (Å²) < 4.78 is 13.8. The SMILES string of the molecule is Fc1ccc(NC(c2ccccc2)C2CC2)cc1Br. The Kier molecular flexibility index (Phi) is 3.56. The average Bonchev–Trinajstić information content (AvgIpc) is 3.25. The van der Waals surface area contributed by atoms with Gasteiger partial charge < -0.3 is 5.32 Å². The Morgan fingerprint density at radius 3 is 2.47 bits per heavy atom. The van der Waals surface area contributed by atoms with Gasteiger partial charge in [-0.2, -0.15) is 0 Å². The van der Waals surface area contributed by atoms with Crippen molar-refractivity contribution < 1.29 is 4.39 Å². The van der Waals surface area contributed by atoms with Crippen molar-refractivity contribution in [3.63, 3.8) is 0 Å². The number of rotatable bonds is 4. The van der Waals surface area contributed by atoms with Crippen molar-refractivity contribution in [2.24, 2.45) is 5.92 Å². The van der Waals surface area contributed by atoms with Crippen LogP contribution in [0.2, 0.25) is 0 Å². The first-order valence-corrected chi connectivity index (χ1v) is 7.30. The standard InChI is InChI=1S/C16H15BrFN/c17-14-10-13(8-9-15(14)18)19-16(12-6-7-12)11-4-2-1-3-5-11/h1-5,8-10,12,16,19H,6-7H2. The second-order valence-electron chi connectivity index (χ2n) is 5.00. The van der Waals surface area contributed by atoms with Crippen LogP contribution in [0, 0.1) is 11.7 Å². The predicted molar refractivity (Wildman–Crippen MR) is 79.6 cm³/mol. The number of anilines is 1. The molecule has 1 atom stereocenters. The maximum absolute atomic E-state index is 13.3. The van der Waals surface area contributed by atoms with Gasteiger partial charge in [-0.25, -0.2) is 4.39 Å². The molecule has 98 valence electrons. The third-order valence-electron chi connectivity index (χ3n) is 3.49. The van der Waals surface area contributed by atoms with Gasteiger partial charge in [0, 0.05) is 5.69 Å². The van der Waals surface area contributed by atoms with E-state index in [-0.39, 0.29) is 5.82 Å². The molecule has 0 heterocycles. The number of hydrogen-bond acceptors (Lipinski definition) is 1. The van der Waals surface area contributed by atoms with Gasteiger partial charge in [0.25, 0.3) is 0 Å². The molecular formula is C16H15BrFN. The van der Waals surface area contributed by atoms with Gasteiger partial charge in [-0.05, 0) is 58.5 Å². The van der Waals surface area contributed by atoms with E-state index in [2.05, 4.69) is 45.5 Å². The second-order valence-corrected chi connectivity index (χ2v) is 5.85. The third kappa shape index (κ3) is 2.98. The summed E-state index contributed by atoms with van der Waals surface area (Å²) in [4.78, 5) is 0. The van der Waals surface area contributed by atoms with E-state index in [1.54, 1.807) is 12.1 Å². The van der Waals surface area contributed by atoms with E-state index in [1.165, 1.54) is 24.5 Å². The molecule has 1 aliphatic carbocycles. The quantitative estimate of drug-likeness (QED) is 0.821. The largest absolute Gasteiger partial charge is 0.378 e. The summed E-state index contributed by atoms with van der Waals surface area (Å²) in [6, 6.07) is 15.8. The molecule has 0 radical (unpaired) electrons. The van der Waals surface area contributed by atoms with Crippen molar-refractivity contribution in [1.82, 2.24) is 0 Å². The maximum Gasteiger partial charge on any atom is 0.137 e. The van der Waals surface area contributed by atoms with Crippen LogP contribution in [-0.4, -0.2) is 0 Å². The minimum atomic E-state index is -0.228. The smallest absolute Gasteiger partial charge is 0.137 e. The molecule has 0 spiro atoms. The fourth-order valence-electron chi connectivity index (χ4n) is 2.33. The first-order chi connectivity index (χ1) is 9.24. The molecule has 2 aromatic carbocycles. The molecule has 1 N–H and O–H groups in total. The molecule has 1 unspecified atom stereocenters. The Morgan fingerprint density at radius 1 is 1.11 bits per heavy atom. The highest BCUT2D eigenvalue weighted by Gasteiger charge is 2.32. The van der Waals surface area contributed by atoms with Gasteiger partial charge in [-0.3, -0.25) is 0 Å². The lowest BCUT2D eigenvalue weighted by atomic mass is 10.0. The fourth-order valence-corrected chi connectivity index (χ4v) is 2.71. The molecule has 1 saturated carbocycles. The Hall–Kier alpha value is -1.35. The Bertz CT molecular complexity index is 566. The highest BCUT2D eigenvalue weighted by molar-refractivity contribution is 9.10. The molecule has 1 aliphatic rings. The summed E-state index contributed by atoms with van der Waals surface area (Å²) in [7, 11) is 0. The summed E-state index contributed by atoms with van der Waals surface area (Å²) in [5, 5.41) is 3.53. The van der Waals surface area contributed by atoms with Crippen LogP contribution >= 0.6 is 15.9 Å². The average molecular weight is 320 g/mol. The van der Waals surface area contributed by atoms with E-state index in [1.807, 2.05) is 6.07 Å². The summed E-state index contributed by atoms with van der Waals surface area (Å²) in [6.45, 7) is 0. The van der Waals surface area contributed by atoms with Crippen LogP contribution in [-0.2, 0) is 0 Å². The molecule has 1 fully saturated rings. The molecule has 0 aromatic heterocycles. The van der Waals surface area contributed by atoms with Crippen LogP contribution in [0.4, 0.5) is 10.1 Å². The van der Waals surface area contributed by atoms with E-state index in [4.69, 9.17) is 0 Å². The first kappa shape index (κ1) is 12.7. The lowest BCUT2D eigenvalue weighted by Crippen LogP contribution is -2.12. The van der Waals surface area contributed by atoms with Gasteiger partial charge in [-0.1, -0.05) is 30.3 Å². The summed E-state index contributed by atoms with van der Waals surface area (Å²) in [5.41, 5.74) is 2.25. The van der Waals surface area contributed by atoms with Crippen LogP contribution in [0.15, 0.2) is 53.0 Å². The van der Waals surface area contributed by atoms with Crippen LogP contribution in [0.5, 0.6) is 0 Å². The van der Waals surface area contributed by atoms with Crippen molar-refractivity contribution in [2.75, 3.05) is 5.32 Å². The number of hydrogen-bond donors (Lipinski definition) is 1. The topological polar surface area (TPSA) is 12.0 Å². The predicted octanol–water partition coefficient (Wildman–Crippen LogP) is 5.15. The van der Waals surface area contributed by atoms with Crippen LogP contribution in [0.25, 0.3) is 0 Å². The maximum atomic E-state index is 13.3. The highest BCUT2D eigenvalue weighted by atomic mass is 79.9. The van der Waals surface area contributed by atoms with Gasteiger partial charge in [-0.15, -0.1) is 0 Å². The third-order valence-corrected chi connectivity index (χ3v) is 4.10. The van der Waals surface area contributed by atoms with Crippen molar-refractivity contribution >= 4 is 21.6 Å². The van der Waals surface area contributed by atoms with Crippen molar-refractivity contribution in [3.8, 4) is 0 Å². The highest BCUT2D eigenvalue weighted by Crippen LogP contribution is 2.43. The number of benzene rings is 2. The lowest BCUT2D eigenvalue weighted by Gasteiger charge is -2.20. The monoisotopic (exact) mass is 319 g/mol. The van der Waals surface area contributed by atoms with E-state index in [0.717, 1.165) is 5.69 Å². The molecule has 0 saturated heterocycles. The van der Waals surface area contributed by atoms with Gasteiger partial charge in [0.2, 0.25) is 0 Å². The summed E-state index contributed by atoms with van der Waals surface area (Å²) in [5.74, 6) is 0.458. The second kappa shape index (κ2) is 5.33. The molecule has 0 bridgehead atoms. The van der Waals surface area contributed by atoms with E-state index < -0.39 is 0 Å². The Balaban J connectivity index is 1.84. The molecule has 19 heavy (non-hydrogen) atoms. The van der Waals surface area contributed by atoms with Gasteiger partial charge >= 0.3 is 0 Å². The zero-order chi connectivity index (χ0) is 13.2. The Morgan fingerprint density at radius 2 is 1.84 bits per heavy atom. The van der Waals surface area contributed by atoms with Crippen molar-refractivity contribution in [1.29, 1.82) is 0 Å². The molecular weight excluding hydrogens is 305 g/mol. The van der Waals surface area contributed by atoms with Crippen molar-refractivity contribution in [2.45, 2.75) is 18.9 Å². The van der Waals surface area contributed by atoms with E-state index in [0.29, 0.717) is 16.4 Å². The minimum absolute atomic E-state index is 0.228. The number of halogens is 2. The zero-order valence-corrected chi connectivity index (χ0v) is 12.0. The molecule has 3 rings (SSSR count). The van der Waals surface area contributed by atoms with Crippen LogP contribution < -0.4 is 5.32 Å². The molecule has 0 aliphatic heterocycles. The molecule has 3 heteroatoms. The van der Waals surface area contributed by atoms with E-state index >= 15 is 0 Å². The molecule has 1 nitrogen and oxygen atoms in total. The molecule has 0 amide bonds. The van der Waals surface area contributed by atoms with Gasteiger partial charge in [0.05, 0.1) is 10.5 Å². The van der Waals surface area contributed by atoms with Gasteiger partial charge in [0.15, 0.2) is 0 Å². The zero-order valence-electron chi connectivity index (χ0n) is 10.4. The van der Waals surface area contributed by atoms with Gasteiger partial charge in [0.1, 0.15) is 5.82 Å². The summed E-state index contributed by atoms with van der Waals surface area (Å²) >= 11 is 3.23. The minimum Gasteiger partial charge on any atom is -0.378 e. The van der Waals surface area contributed by atoms with Crippen LogP contribution in [0.3, 0.4) is 0 Å². The van der Waals surface area contributed by atoms with Crippen molar-refractivity contribution in [3.05, 3.63) is 64.4 Å².